The monoisotopic (exact) mass is 313 g/mol. The van der Waals surface area contributed by atoms with Gasteiger partial charge in [-0.15, -0.1) is 0 Å². The van der Waals surface area contributed by atoms with E-state index in [1.165, 1.54) is 0 Å². The van der Waals surface area contributed by atoms with Gasteiger partial charge in [0, 0.05) is 24.3 Å². The van der Waals surface area contributed by atoms with E-state index in [1.54, 1.807) is 0 Å². The van der Waals surface area contributed by atoms with Gasteiger partial charge in [0.25, 0.3) is 5.91 Å². The smallest absolute Gasteiger partial charge is 0.254 e. The second-order valence-corrected chi connectivity index (χ2v) is 6.35. The van der Waals surface area contributed by atoms with Crippen LogP contribution in [0.5, 0.6) is 0 Å². The van der Waals surface area contributed by atoms with Crippen molar-refractivity contribution in [3.05, 3.63) is 47.3 Å². The lowest BCUT2D eigenvalue weighted by Gasteiger charge is -2.35. The van der Waals surface area contributed by atoms with Gasteiger partial charge in [-0.05, 0) is 58.0 Å². The van der Waals surface area contributed by atoms with Crippen LogP contribution in [-0.2, 0) is 4.74 Å². The highest BCUT2D eigenvalue weighted by Gasteiger charge is 2.26. The summed E-state index contributed by atoms with van der Waals surface area (Å²) in [5.74, 6) is 0.0620. The van der Waals surface area contributed by atoms with Gasteiger partial charge in [-0.2, -0.15) is 5.10 Å². The summed E-state index contributed by atoms with van der Waals surface area (Å²) in [6.45, 7) is 9.28. The van der Waals surface area contributed by atoms with Crippen molar-refractivity contribution in [2.75, 3.05) is 13.1 Å². The van der Waals surface area contributed by atoms with E-state index < -0.39 is 0 Å². The van der Waals surface area contributed by atoms with Gasteiger partial charge in [-0.25, -0.2) is 4.68 Å². The SMILES string of the molecule is Cc1cc(C)n(-c2ccc(C(=O)N3C[C@@H](C)O[C@H](C)C3)cc2)n1. The first kappa shape index (κ1) is 15.7. The summed E-state index contributed by atoms with van der Waals surface area (Å²) in [4.78, 5) is 14.5. The summed E-state index contributed by atoms with van der Waals surface area (Å²) < 4.78 is 7.58. The lowest BCUT2D eigenvalue weighted by Crippen LogP contribution is -2.48. The highest BCUT2D eigenvalue weighted by atomic mass is 16.5. The number of aromatic nitrogens is 2. The number of amides is 1. The van der Waals surface area contributed by atoms with Crippen molar-refractivity contribution >= 4 is 5.91 Å². The van der Waals surface area contributed by atoms with Gasteiger partial charge in [0.15, 0.2) is 0 Å². The predicted molar refractivity (Wildman–Crippen MR) is 89.0 cm³/mol. The summed E-state index contributed by atoms with van der Waals surface area (Å²) in [6.07, 6.45) is 0.161. The van der Waals surface area contributed by atoms with Crippen LogP contribution < -0.4 is 0 Å². The highest BCUT2D eigenvalue weighted by Crippen LogP contribution is 2.17. The number of ether oxygens (including phenoxy) is 1. The second kappa shape index (κ2) is 6.16. The fourth-order valence-electron chi connectivity index (χ4n) is 3.16. The zero-order valence-electron chi connectivity index (χ0n) is 14.1. The number of benzene rings is 1. The first-order valence-electron chi connectivity index (χ1n) is 8.02. The molecule has 1 fully saturated rings. The second-order valence-electron chi connectivity index (χ2n) is 6.35. The Balaban J connectivity index is 1.79. The van der Waals surface area contributed by atoms with Crippen LogP contribution in [0.3, 0.4) is 0 Å². The molecule has 1 aliphatic rings. The Morgan fingerprint density at radius 3 is 2.26 bits per heavy atom. The predicted octanol–water partition coefficient (Wildman–Crippen LogP) is 2.74. The molecule has 1 saturated heterocycles. The number of morpholine rings is 1. The summed E-state index contributed by atoms with van der Waals surface area (Å²) in [5.41, 5.74) is 3.74. The first-order valence-corrected chi connectivity index (χ1v) is 8.02. The number of hydrogen-bond donors (Lipinski definition) is 0. The van der Waals surface area contributed by atoms with E-state index in [1.807, 2.05) is 67.6 Å². The number of hydrogen-bond acceptors (Lipinski definition) is 3. The molecule has 1 aromatic heterocycles. The van der Waals surface area contributed by atoms with Gasteiger partial charge >= 0.3 is 0 Å². The highest BCUT2D eigenvalue weighted by molar-refractivity contribution is 5.94. The van der Waals surface area contributed by atoms with Crippen LogP contribution in [0.4, 0.5) is 0 Å². The maximum absolute atomic E-state index is 12.7. The van der Waals surface area contributed by atoms with E-state index in [-0.39, 0.29) is 18.1 Å². The molecule has 0 bridgehead atoms. The molecule has 2 heterocycles. The van der Waals surface area contributed by atoms with Crippen LogP contribution in [-0.4, -0.2) is 45.9 Å². The largest absolute Gasteiger partial charge is 0.372 e. The molecule has 5 nitrogen and oxygen atoms in total. The van der Waals surface area contributed by atoms with Crippen molar-refractivity contribution in [1.29, 1.82) is 0 Å². The van der Waals surface area contributed by atoms with Gasteiger partial charge in [0.1, 0.15) is 0 Å². The summed E-state index contributed by atoms with van der Waals surface area (Å²) in [5, 5.41) is 4.47. The Bertz CT molecular complexity index is 696. The van der Waals surface area contributed by atoms with Crippen LogP contribution in [0, 0.1) is 13.8 Å². The van der Waals surface area contributed by atoms with Crippen molar-refractivity contribution < 1.29 is 9.53 Å². The molecule has 3 rings (SSSR count). The van der Waals surface area contributed by atoms with Crippen molar-refractivity contribution in [3.63, 3.8) is 0 Å². The van der Waals surface area contributed by atoms with Crippen LogP contribution in [0.2, 0.25) is 0 Å². The standard InChI is InChI=1S/C18H23N3O2/c1-12-9-13(2)21(19-12)17-7-5-16(6-8-17)18(22)20-10-14(3)23-15(4)11-20/h5-9,14-15H,10-11H2,1-4H3/t14-,15-/m1/s1. The third kappa shape index (κ3) is 3.29. The molecule has 0 N–H and O–H groups in total. The quantitative estimate of drug-likeness (QED) is 0.856. The first-order chi connectivity index (χ1) is 10.9. The Morgan fingerprint density at radius 1 is 1.13 bits per heavy atom. The molecule has 23 heavy (non-hydrogen) atoms. The van der Waals surface area contributed by atoms with Crippen molar-refractivity contribution in [1.82, 2.24) is 14.7 Å². The maximum atomic E-state index is 12.7. The zero-order chi connectivity index (χ0) is 16.6. The summed E-state index contributed by atoms with van der Waals surface area (Å²) in [7, 11) is 0. The minimum atomic E-state index is 0.0620. The molecular weight excluding hydrogens is 290 g/mol. The van der Waals surface area contributed by atoms with Crippen molar-refractivity contribution in [2.24, 2.45) is 0 Å². The molecule has 0 unspecified atom stereocenters. The van der Waals surface area contributed by atoms with Gasteiger partial charge in [-0.3, -0.25) is 4.79 Å². The number of carbonyl (C=O) groups excluding carboxylic acids is 1. The number of nitrogens with zero attached hydrogens (tertiary/aromatic N) is 3. The Labute approximate surface area is 136 Å². The van der Waals surface area contributed by atoms with Crippen LogP contribution in [0.15, 0.2) is 30.3 Å². The topological polar surface area (TPSA) is 47.4 Å². The molecule has 0 saturated carbocycles. The van der Waals surface area contributed by atoms with Crippen molar-refractivity contribution in [3.8, 4) is 5.69 Å². The number of aryl methyl sites for hydroxylation is 2. The van der Waals surface area contributed by atoms with E-state index in [9.17, 15) is 4.79 Å². The van der Waals surface area contributed by atoms with E-state index >= 15 is 0 Å². The molecule has 2 atom stereocenters. The Morgan fingerprint density at radius 2 is 1.74 bits per heavy atom. The van der Waals surface area contributed by atoms with Crippen LogP contribution in [0.1, 0.15) is 35.6 Å². The lowest BCUT2D eigenvalue weighted by atomic mass is 10.1. The zero-order valence-corrected chi connectivity index (χ0v) is 14.1. The molecule has 0 spiro atoms. The van der Waals surface area contributed by atoms with Crippen molar-refractivity contribution in [2.45, 2.75) is 39.9 Å². The Kier molecular flexibility index (Phi) is 4.22. The van der Waals surface area contributed by atoms with E-state index in [4.69, 9.17) is 4.74 Å². The molecule has 1 amide bonds. The summed E-state index contributed by atoms with van der Waals surface area (Å²) >= 11 is 0. The van der Waals surface area contributed by atoms with Gasteiger partial charge in [0.2, 0.25) is 0 Å². The van der Waals surface area contributed by atoms with E-state index in [0.717, 1.165) is 17.1 Å². The number of rotatable bonds is 2. The third-order valence-corrected chi connectivity index (χ3v) is 4.08. The lowest BCUT2D eigenvalue weighted by molar-refractivity contribution is -0.0586. The fraction of sp³-hybridized carbons (Fsp3) is 0.444. The van der Waals surface area contributed by atoms with Gasteiger partial charge in [-0.1, -0.05) is 0 Å². The molecule has 0 aliphatic carbocycles. The third-order valence-electron chi connectivity index (χ3n) is 4.08. The summed E-state index contributed by atoms with van der Waals surface area (Å²) in [6, 6.07) is 9.67. The fourth-order valence-corrected chi connectivity index (χ4v) is 3.16. The minimum Gasteiger partial charge on any atom is -0.372 e. The average Bonchev–Trinajstić information content (AvgIpc) is 2.84. The molecule has 5 heteroatoms. The molecular formula is C18H23N3O2. The van der Waals surface area contributed by atoms with Gasteiger partial charge < -0.3 is 9.64 Å². The van der Waals surface area contributed by atoms with Crippen LogP contribution >= 0.6 is 0 Å². The minimum absolute atomic E-state index is 0.0620. The Hall–Kier alpha value is -2.14. The van der Waals surface area contributed by atoms with Gasteiger partial charge in [0.05, 0.1) is 23.6 Å². The van der Waals surface area contributed by atoms with E-state index in [0.29, 0.717) is 18.7 Å². The number of carbonyl (C=O) groups is 1. The normalized spacial score (nSPS) is 21.5. The molecule has 122 valence electrons. The molecule has 1 aromatic carbocycles. The van der Waals surface area contributed by atoms with Crippen LogP contribution in [0.25, 0.3) is 5.69 Å². The average molecular weight is 313 g/mol. The molecule has 1 aliphatic heterocycles. The maximum Gasteiger partial charge on any atom is 0.254 e. The molecule has 2 aromatic rings. The van der Waals surface area contributed by atoms with E-state index in [2.05, 4.69) is 5.10 Å². The molecule has 0 radical (unpaired) electrons.